The third kappa shape index (κ3) is 3.57. The lowest BCUT2D eigenvalue weighted by atomic mass is 10.2. The minimum absolute atomic E-state index is 0.0672. The van der Waals surface area contributed by atoms with Gasteiger partial charge in [0.05, 0.1) is 10.6 Å². The van der Waals surface area contributed by atoms with E-state index in [0.717, 1.165) is 12.1 Å². The summed E-state index contributed by atoms with van der Waals surface area (Å²) in [4.78, 5) is -0.511. The number of nitrogens with two attached hydrogens (primary N) is 1. The Balaban J connectivity index is 3.07. The van der Waals surface area contributed by atoms with E-state index in [9.17, 15) is 26.0 Å². The molecule has 0 aliphatic heterocycles. The Hall–Kier alpha value is -1.35. The maximum Gasteiger partial charge on any atom is 0.402 e. The molecular weight excluding hydrogens is 276 g/mol. The van der Waals surface area contributed by atoms with E-state index in [1.165, 1.54) is 11.6 Å². The van der Waals surface area contributed by atoms with Crippen LogP contribution in [0.5, 0.6) is 0 Å². The Kier molecular flexibility index (Phi) is 3.86. The third-order valence-electron chi connectivity index (χ3n) is 2.03. The van der Waals surface area contributed by atoms with Crippen molar-refractivity contribution in [3.63, 3.8) is 0 Å². The molecule has 0 aliphatic carbocycles. The van der Waals surface area contributed by atoms with Crippen LogP contribution in [0.15, 0.2) is 17.0 Å². The smallest absolute Gasteiger partial charge is 0.396 e. The molecule has 18 heavy (non-hydrogen) atoms. The van der Waals surface area contributed by atoms with Crippen molar-refractivity contribution in [2.75, 3.05) is 12.3 Å². The van der Waals surface area contributed by atoms with Crippen LogP contribution in [0.1, 0.15) is 5.56 Å². The first-order chi connectivity index (χ1) is 8.03. The first-order valence-electron chi connectivity index (χ1n) is 4.65. The fourth-order valence-corrected chi connectivity index (χ4v) is 2.31. The predicted molar refractivity (Wildman–Crippen MR) is 56.8 cm³/mol. The molecule has 4 nitrogen and oxygen atoms in total. The summed E-state index contributed by atoms with van der Waals surface area (Å²) in [5, 5.41) is 0. The van der Waals surface area contributed by atoms with Gasteiger partial charge in [0, 0.05) is 0 Å². The minimum atomic E-state index is -4.67. The van der Waals surface area contributed by atoms with Crippen LogP contribution in [0, 0.1) is 12.7 Å². The highest BCUT2D eigenvalue weighted by Gasteiger charge is 2.30. The summed E-state index contributed by atoms with van der Waals surface area (Å²) < 4.78 is 73.3. The zero-order valence-corrected chi connectivity index (χ0v) is 9.99. The summed E-state index contributed by atoms with van der Waals surface area (Å²) in [6, 6.07) is 1.67. The topological polar surface area (TPSA) is 72.2 Å². The summed E-state index contributed by atoms with van der Waals surface area (Å²) >= 11 is 0. The van der Waals surface area contributed by atoms with Crippen molar-refractivity contribution in [2.24, 2.45) is 0 Å². The Morgan fingerprint density at radius 1 is 1.33 bits per heavy atom. The highest BCUT2D eigenvalue weighted by atomic mass is 32.2. The molecular formula is C9H10F4N2O2S. The molecule has 0 spiro atoms. The normalized spacial score (nSPS) is 12.7. The lowest BCUT2D eigenvalue weighted by Crippen LogP contribution is -2.33. The summed E-state index contributed by atoms with van der Waals surface area (Å²) in [6.07, 6.45) is -4.67. The molecule has 0 radical (unpaired) electrons. The van der Waals surface area contributed by atoms with Crippen LogP contribution < -0.4 is 10.5 Å². The molecule has 0 saturated carbocycles. The van der Waals surface area contributed by atoms with Gasteiger partial charge in [-0.3, -0.25) is 0 Å². The summed E-state index contributed by atoms with van der Waals surface area (Å²) in [7, 11) is -4.37. The number of hydrogen-bond donors (Lipinski definition) is 2. The van der Waals surface area contributed by atoms with Crippen LogP contribution in [0.4, 0.5) is 23.2 Å². The van der Waals surface area contributed by atoms with Gasteiger partial charge in [-0.05, 0) is 24.6 Å². The van der Waals surface area contributed by atoms with Gasteiger partial charge in [0.25, 0.3) is 0 Å². The quantitative estimate of drug-likeness (QED) is 0.654. The van der Waals surface area contributed by atoms with Gasteiger partial charge in [-0.15, -0.1) is 0 Å². The molecule has 0 saturated heterocycles. The molecule has 0 fully saturated rings. The van der Waals surface area contributed by atoms with E-state index in [-0.39, 0.29) is 5.56 Å². The van der Waals surface area contributed by atoms with Crippen molar-refractivity contribution >= 4 is 15.7 Å². The molecule has 3 N–H and O–H groups in total. The number of halogens is 4. The van der Waals surface area contributed by atoms with E-state index in [2.05, 4.69) is 0 Å². The molecule has 0 bridgehead atoms. The van der Waals surface area contributed by atoms with Gasteiger partial charge in [-0.1, -0.05) is 0 Å². The highest BCUT2D eigenvalue weighted by molar-refractivity contribution is 7.89. The zero-order valence-electron chi connectivity index (χ0n) is 9.18. The lowest BCUT2D eigenvalue weighted by molar-refractivity contribution is -0.121. The van der Waals surface area contributed by atoms with Crippen molar-refractivity contribution in [1.82, 2.24) is 4.72 Å². The van der Waals surface area contributed by atoms with Gasteiger partial charge in [0.15, 0.2) is 0 Å². The van der Waals surface area contributed by atoms with Gasteiger partial charge >= 0.3 is 6.18 Å². The van der Waals surface area contributed by atoms with Crippen LogP contribution in [0.2, 0.25) is 0 Å². The van der Waals surface area contributed by atoms with Gasteiger partial charge in [-0.25, -0.2) is 17.5 Å². The largest absolute Gasteiger partial charge is 0.402 e. The second-order valence-corrected chi connectivity index (χ2v) is 5.35. The molecule has 102 valence electrons. The average molecular weight is 286 g/mol. The first kappa shape index (κ1) is 14.7. The number of alkyl halides is 3. The van der Waals surface area contributed by atoms with Crippen molar-refractivity contribution < 1.29 is 26.0 Å². The van der Waals surface area contributed by atoms with E-state index < -0.39 is 39.1 Å². The van der Waals surface area contributed by atoms with Crippen molar-refractivity contribution in [2.45, 2.75) is 18.0 Å². The second-order valence-electron chi connectivity index (χ2n) is 3.58. The summed E-state index contributed by atoms with van der Waals surface area (Å²) in [5.41, 5.74) is 4.70. The zero-order chi connectivity index (χ0) is 14.1. The number of nitrogen functional groups attached to an aromatic ring is 1. The van der Waals surface area contributed by atoms with Crippen LogP contribution >= 0.6 is 0 Å². The standard InChI is InChI=1S/C9H10F4N2O2S/c1-5-2-6(3-7(14)8(5)10)18(16,17)15-4-9(11,12)13/h2-3,15H,4,14H2,1H3. The minimum Gasteiger partial charge on any atom is -0.396 e. The van der Waals surface area contributed by atoms with Crippen LogP contribution in [0.3, 0.4) is 0 Å². The summed E-state index contributed by atoms with van der Waals surface area (Å²) in [5.74, 6) is -0.801. The molecule has 0 heterocycles. The Bertz CT molecular complexity index is 531. The van der Waals surface area contributed by atoms with Gasteiger partial charge in [0.1, 0.15) is 12.4 Å². The fraction of sp³-hybridized carbons (Fsp3) is 0.333. The van der Waals surface area contributed by atoms with Gasteiger partial charge in [-0.2, -0.15) is 13.2 Å². The number of hydrogen-bond acceptors (Lipinski definition) is 3. The number of aryl methyl sites for hydroxylation is 1. The third-order valence-corrected chi connectivity index (χ3v) is 3.41. The number of sulfonamides is 1. The maximum atomic E-state index is 13.2. The molecule has 0 atom stereocenters. The number of anilines is 1. The Labute approximate surface area is 101 Å². The van der Waals surface area contributed by atoms with Gasteiger partial charge in [0.2, 0.25) is 10.0 Å². The Morgan fingerprint density at radius 3 is 2.33 bits per heavy atom. The van der Waals surface area contributed by atoms with E-state index in [4.69, 9.17) is 5.73 Å². The molecule has 1 aromatic carbocycles. The number of rotatable bonds is 3. The first-order valence-corrected chi connectivity index (χ1v) is 6.13. The maximum absolute atomic E-state index is 13.2. The lowest BCUT2D eigenvalue weighted by Gasteiger charge is -2.11. The van der Waals surface area contributed by atoms with Crippen LogP contribution in [-0.4, -0.2) is 21.1 Å². The van der Waals surface area contributed by atoms with E-state index >= 15 is 0 Å². The SMILES string of the molecule is Cc1cc(S(=O)(=O)NCC(F)(F)F)cc(N)c1F. The van der Waals surface area contributed by atoms with Crippen LogP contribution in [0.25, 0.3) is 0 Å². The second kappa shape index (κ2) is 4.73. The molecule has 1 aromatic rings. The number of benzene rings is 1. The van der Waals surface area contributed by atoms with Crippen molar-refractivity contribution in [3.8, 4) is 0 Å². The predicted octanol–water partition coefficient (Wildman–Crippen LogP) is 1.56. The van der Waals surface area contributed by atoms with E-state index in [1.54, 1.807) is 0 Å². The monoisotopic (exact) mass is 286 g/mol. The molecule has 0 amide bonds. The average Bonchev–Trinajstić information content (AvgIpc) is 2.21. The Morgan fingerprint density at radius 2 is 1.89 bits per heavy atom. The fourth-order valence-electron chi connectivity index (χ4n) is 1.18. The molecule has 0 unspecified atom stereocenters. The van der Waals surface area contributed by atoms with Crippen molar-refractivity contribution in [1.29, 1.82) is 0 Å². The highest BCUT2D eigenvalue weighted by Crippen LogP contribution is 2.21. The van der Waals surface area contributed by atoms with E-state index in [1.807, 2.05) is 0 Å². The van der Waals surface area contributed by atoms with E-state index in [0.29, 0.717) is 0 Å². The molecule has 0 aliphatic rings. The molecule has 0 aromatic heterocycles. The molecule has 9 heteroatoms. The summed E-state index contributed by atoms with van der Waals surface area (Å²) in [6.45, 7) is -0.444. The van der Waals surface area contributed by atoms with Crippen LogP contribution in [-0.2, 0) is 10.0 Å². The molecule has 1 rings (SSSR count). The van der Waals surface area contributed by atoms with Crippen molar-refractivity contribution in [3.05, 3.63) is 23.5 Å². The number of nitrogens with one attached hydrogen (secondary N) is 1. The van der Waals surface area contributed by atoms with Gasteiger partial charge < -0.3 is 5.73 Å².